The minimum atomic E-state index is -0.270. The van der Waals surface area contributed by atoms with Crippen LogP contribution in [-0.4, -0.2) is 30.2 Å². The van der Waals surface area contributed by atoms with Crippen molar-refractivity contribution in [2.24, 2.45) is 11.7 Å². The van der Waals surface area contributed by atoms with E-state index < -0.39 is 0 Å². The number of rotatable bonds is 5. The quantitative estimate of drug-likeness (QED) is 0.585. The summed E-state index contributed by atoms with van der Waals surface area (Å²) >= 11 is 0. The van der Waals surface area contributed by atoms with Gasteiger partial charge in [-0.1, -0.05) is 12.8 Å². The van der Waals surface area contributed by atoms with Gasteiger partial charge in [0, 0.05) is 25.6 Å². The Bertz CT molecular complexity index is 185. The second kappa shape index (κ2) is 5.98. The minimum Gasteiger partial charge on any atom is -0.396 e. The van der Waals surface area contributed by atoms with Crippen molar-refractivity contribution >= 4 is 5.91 Å². The smallest absolute Gasteiger partial charge is 0.218 e. The van der Waals surface area contributed by atoms with Gasteiger partial charge >= 0.3 is 0 Å². The molecular formula is C10H20N2O2. The van der Waals surface area contributed by atoms with Crippen LogP contribution in [0.3, 0.4) is 0 Å². The third-order valence-electron chi connectivity index (χ3n) is 2.92. The summed E-state index contributed by atoms with van der Waals surface area (Å²) in [6.07, 6.45) is 4.99. The van der Waals surface area contributed by atoms with E-state index in [9.17, 15) is 4.79 Å². The normalized spacial score (nSPS) is 27.5. The molecule has 1 saturated carbocycles. The van der Waals surface area contributed by atoms with Gasteiger partial charge in [-0.2, -0.15) is 0 Å². The molecule has 0 aliphatic heterocycles. The van der Waals surface area contributed by atoms with Crippen molar-refractivity contribution in [2.75, 3.05) is 13.2 Å². The van der Waals surface area contributed by atoms with Gasteiger partial charge < -0.3 is 16.2 Å². The fourth-order valence-electron chi connectivity index (χ4n) is 2.08. The molecule has 0 aromatic heterocycles. The number of amides is 1. The van der Waals surface area contributed by atoms with Gasteiger partial charge in [-0.3, -0.25) is 4.79 Å². The summed E-state index contributed by atoms with van der Waals surface area (Å²) in [5.41, 5.74) is 5.05. The van der Waals surface area contributed by atoms with Gasteiger partial charge in [-0.05, 0) is 18.8 Å². The molecule has 2 unspecified atom stereocenters. The van der Waals surface area contributed by atoms with E-state index in [4.69, 9.17) is 10.8 Å². The summed E-state index contributed by atoms with van der Waals surface area (Å²) in [7, 11) is 0. The van der Waals surface area contributed by atoms with Gasteiger partial charge in [-0.25, -0.2) is 0 Å². The summed E-state index contributed by atoms with van der Waals surface area (Å²) in [4.78, 5) is 10.5. The highest BCUT2D eigenvalue weighted by Gasteiger charge is 2.23. The SMILES string of the molecule is NC(=O)CCNC1CCCCC1CO. The maximum atomic E-state index is 10.5. The van der Waals surface area contributed by atoms with E-state index in [1.807, 2.05) is 0 Å². The topological polar surface area (TPSA) is 75.4 Å². The number of nitrogens with two attached hydrogens (primary N) is 1. The lowest BCUT2D eigenvalue weighted by atomic mass is 9.85. The maximum Gasteiger partial charge on any atom is 0.218 e. The van der Waals surface area contributed by atoms with Crippen molar-refractivity contribution in [1.82, 2.24) is 5.32 Å². The first-order valence-electron chi connectivity index (χ1n) is 5.36. The molecule has 4 heteroatoms. The molecule has 2 atom stereocenters. The highest BCUT2D eigenvalue weighted by molar-refractivity contribution is 5.73. The molecule has 82 valence electrons. The van der Waals surface area contributed by atoms with Gasteiger partial charge in [-0.15, -0.1) is 0 Å². The van der Waals surface area contributed by atoms with Gasteiger partial charge in [0.15, 0.2) is 0 Å². The van der Waals surface area contributed by atoms with Crippen LogP contribution in [-0.2, 0) is 4.79 Å². The van der Waals surface area contributed by atoms with E-state index in [0.29, 0.717) is 24.9 Å². The van der Waals surface area contributed by atoms with Crippen LogP contribution in [0.1, 0.15) is 32.1 Å². The predicted molar refractivity (Wildman–Crippen MR) is 54.6 cm³/mol. The van der Waals surface area contributed by atoms with Crippen molar-refractivity contribution < 1.29 is 9.90 Å². The minimum absolute atomic E-state index is 0.244. The van der Waals surface area contributed by atoms with Crippen molar-refractivity contribution in [2.45, 2.75) is 38.1 Å². The Morgan fingerprint density at radius 1 is 1.43 bits per heavy atom. The second-order valence-corrected chi connectivity index (χ2v) is 4.00. The van der Waals surface area contributed by atoms with Gasteiger partial charge in [0.25, 0.3) is 0 Å². The van der Waals surface area contributed by atoms with Crippen LogP contribution in [0.2, 0.25) is 0 Å². The molecule has 4 nitrogen and oxygen atoms in total. The van der Waals surface area contributed by atoms with Gasteiger partial charge in [0.1, 0.15) is 0 Å². The fourth-order valence-corrected chi connectivity index (χ4v) is 2.08. The third-order valence-corrected chi connectivity index (χ3v) is 2.92. The van der Waals surface area contributed by atoms with Crippen LogP contribution in [0.5, 0.6) is 0 Å². The average Bonchev–Trinajstić information content (AvgIpc) is 2.18. The van der Waals surface area contributed by atoms with Crippen LogP contribution in [0, 0.1) is 5.92 Å². The number of nitrogens with one attached hydrogen (secondary N) is 1. The zero-order chi connectivity index (χ0) is 10.4. The van der Waals surface area contributed by atoms with Crippen LogP contribution in [0.25, 0.3) is 0 Å². The first kappa shape index (κ1) is 11.5. The number of carbonyl (C=O) groups is 1. The lowest BCUT2D eigenvalue weighted by Crippen LogP contribution is -2.41. The van der Waals surface area contributed by atoms with Crippen LogP contribution in [0.15, 0.2) is 0 Å². The van der Waals surface area contributed by atoms with Crippen molar-refractivity contribution in [1.29, 1.82) is 0 Å². The highest BCUT2D eigenvalue weighted by Crippen LogP contribution is 2.23. The highest BCUT2D eigenvalue weighted by atomic mass is 16.3. The van der Waals surface area contributed by atoms with E-state index in [1.165, 1.54) is 12.8 Å². The Labute approximate surface area is 84.9 Å². The Kier molecular flexibility index (Phi) is 4.90. The largest absolute Gasteiger partial charge is 0.396 e. The first-order chi connectivity index (χ1) is 6.74. The Balaban J connectivity index is 2.22. The zero-order valence-electron chi connectivity index (χ0n) is 8.54. The van der Waals surface area contributed by atoms with E-state index in [0.717, 1.165) is 12.8 Å². The number of carbonyl (C=O) groups excluding carboxylic acids is 1. The lowest BCUT2D eigenvalue weighted by molar-refractivity contribution is -0.117. The molecule has 0 heterocycles. The summed E-state index contributed by atoms with van der Waals surface area (Å²) in [6.45, 7) is 0.880. The molecule has 1 aliphatic rings. The fraction of sp³-hybridized carbons (Fsp3) is 0.900. The Morgan fingerprint density at radius 2 is 2.14 bits per heavy atom. The van der Waals surface area contributed by atoms with Crippen LogP contribution in [0.4, 0.5) is 0 Å². The van der Waals surface area contributed by atoms with E-state index in [2.05, 4.69) is 5.32 Å². The molecule has 0 spiro atoms. The Hall–Kier alpha value is -0.610. The number of aliphatic hydroxyl groups is 1. The molecule has 0 saturated heterocycles. The molecule has 14 heavy (non-hydrogen) atoms. The van der Waals surface area contributed by atoms with E-state index in [1.54, 1.807) is 0 Å². The van der Waals surface area contributed by atoms with Gasteiger partial charge in [0.05, 0.1) is 0 Å². The number of hydrogen-bond acceptors (Lipinski definition) is 3. The molecule has 1 amide bonds. The molecule has 0 radical (unpaired) electrons. The summed E-state index contributed by atoms with van der Waals surface area (Å²) < 4.78 is 0. The van der Waals surface area contributed by atoms with Crippen LogP contribution < -0.4 is 11.1 Å². The van der Waals surface area contributed by atoms with E-state index in [-0.39, 0.29) is 12.5 Å². The van der Waals surface area contributed by atoms with Crippen molar-refractivity contribution in [3.8, 4) is 0 Å². The molecule has 0 aromatic carbocycles. The Morgan fingerprint density at radius 3 is 2.79 bits per heavy atom. The van der Waals surface area contributed by atoms with Crippen molar-refractivity contribution in [3.05, 3.63) is 0 Å². The summed E-state index contributed by atoms with van der Waals surface area (Å²) in [6, 6.07) is 0.369. The maximum absolute atomic E-state index is 10.5. The van der Waals surface area contributed by atoms with Crippen molar-refractivity contribution in [3.63, 3.8) is 0 Å². The molecular weight excluding hydrogens is 180 g/mol. The molecule has 1 fully saturated rings. The molecule has 0 aromatic rings. The van der Waals surface area contributed by atoms with E-state index >= 15 is 0 Å². The molecule has 0 bridgehead atoms. The summed E-state index contributed by atoms with van der Waals surface area (Å²) in [5.74, 6) is 0.0884. The number of primary amides is 1. The average molecular weight is 200 g/mol. The number of hydrogen-bond donors (Lipinski definition) is 3. The molecule has 1 rings (SSSR count). The summed E-state index contributed by atoms with van der Waals surface area (Å²) in [5, 5.41) is 12.4. The second-order valence-electron chi connectivity index (χ2n) is 4.00. The monoisotopic (exact) mass is 200 g/mol. The number of aliphatic hydroxyl groups excluding tert-OH is 1. The van der Waals surface area contributed by atoms with Gasteiger partial charge in [0.2, 0.25) is 5.91 Å². The standard InChI is InChI=1S/C10H20N2O2/c11-10(14)5-6-12-9-4-2-1-3-8(9)7-13/h8-9,12-13H,1-7H2,(H2,11,14). The third kappa shape index (κ3) is 3.64. The van der Waals surface area contributed by atoms with Crippen LogP contribution >= 0.6 is 0 Å². The lowest BCUT2D eigenvalue weighted by Gasteiger charge is -2.30. The zero-order valence-corrected chi connectivity index (χ0v) is 8.54. The molecule has 1 aliphatic carbocycles. The molecule has 4 N–H and O–H groups in total. The first-order valence-corrected chi connectivity index (χ1v) is 5.36. The predicted octanol–water partition coefficient (Wildman–Crippen LogP) is 0.00250.